The fourth-order valence-corrected chi connectivity index (χ4v) is 1.82. The van der Waals surface area contributed by atoms with Gasteiger partial charge >= 0.3 is 0 Å². The molecule has 0 amide bonds. The van der Waals surface area contributed by atoms with Gasteiger partial charge in [-0.2, -0.15) is 5.26 Å². The zero-order valence-electron chi connectivity index (χ0n) is 9.65. The highest BCUT2D eigenvalue weighted by Gasteiger charge is 2.10. The number of rotatable bonds is 1. The molecule has 19 heavy (non-hydrogen) atoms. The molecule has 0 saturated carbocycles. The van der Waals surface area contributed by atoms with Crippen molar-refractivity contribution in [3.05, 3.63) is 42.1 Å². The van der Waals surface area contributed by atoms with Crippen LogP contribution in [0.4, 0.5) is 0 Å². The quantitative estimate of drug-likeness (QED) is 0.642. The maximum atomic E-state index is 9.50. The first-order chi connectivity index (χ1) is 9.19. The van der Waals surface area contributed by atoms with E-state index in [-0.39, 0.29) is 11.5 Å². The minimum absolute atomic E-state index is 0.190. The van der Waals surface area contributed by atoms with Crippen molar-refractivity contribution in [1.29, 1.82) is 5.26 Å². The zero-order valence-corrected chi connectivity index (χ0v) is 9.65. The normalized spacial score (nSPS) is 10.5. The fourth-order valence-electron chi connectivity index (χ4n) is 1.82. The number of pyridine rings is 1. The van der Waals surface area contributed by atoms with Crippen molar-refractivity contribution in [2.75, 3.05) is 0 Å². The van der Waals surface area contributed by atoms with Gasteiger partial charge in [0.25, 0.3) is 0 Å². The van der Waals surface area contributed by atoms with E-state index in [1.807, 2.05) is 6.07 Å². The van der Waals surface area contributed by atoms with Gasteiger partial charge in [-0.3, -0.25) is 4.40 Å². The van der Waals surface area contributed by atoms with Crippen molar-refractivity contribution in [2.24, 2.45) is 0 Å². The van der Waals surface area contributed by atoms with Gasteiger partial charge < -0.3 is 10.2 Å². The molecule has 2 heterocycles. The van der Waals surface area contributed by atoms with Gasteiger partial charge in [0, 0.05) is 17.8 Å². The van der Waals surface area contributed by atoms with E-state index >= 15 is 0 Å². The molecule has 6 heteroatoms. The summed E-state index contributed by atoms with van der Waals surface area (Å²) >= 11 is 0. The van der Waals surface area contributed by atoms with E-state index in [1.54, 1.807) is 28.8 Å². The largest absolute Gasteiger partial charge is 0.504 e. The average molecular weight is 252 g/mol. The summed E-state index contributed by atoms with van der Waals surface area (Å²) in [7, 11) is 0. The van der Waals surface area contributed by atoms with E-state index in [2.05, 4.69) is 10.2 Å². The van der Waals surface area contributed by atoms with Crippen LogP contribution < -0.4 is 0 Å². The summed E-state index contributed by atoms with van der Waals surface area (Å²) in [5, 5.41) is 35.6. The number of aromatic nitrogens is 3. The highest BCUT2D eigenvalue weighted by atomic mass is 16.3. The average Bonchev–Trinajstić information content (AvgIpc) is 2.84. The molecule has 92 valence electrons. The number of hydrogen-bond donors (Lipinski definition) is 2. The highest BCUT2D eigenvalue weighted by Crippen LogP contribution is 2.29. The van der Waals surface area contributed by atoms with Gasteiger partial charge in [0.05, 0.1) is 11.6 Å². The lowest BCUT2D eigenvalue weighted by atomic mass is 10.2. The van der Waals surface area contributed by atoms with Crippen LogP contribution in [0.5, 0.6) is 11.5 Å². The molecule has 0 aliphatic heterocycles. The number of benzene rings is 1. The lowest BCUT2D eigenvalue weighted by Crippen LogP contribution is -1.89. The van der Waals surface area contributed by atoms with Crippen molar-refractivity contribution in [3.63, 3.8) is 0 Å². The molecule has 2 aromatic heterocycles. The molecule has 3 rings (SSSR count). The molecule has 0 fully saturated rings. The molecule has 2 N–H and O–H groups in total. The summed E-state index contributed by atoms with van der Waals surface area (Å²) in [6.07, 6.45) is 1.69. The molecule has 0 bridgehead atoms. The van der Waals surface area contributed by atoms with E-state index in [0.29, 0.717) is 22.6 Å². The first-order valence-electron chi connectivity index (χ1n) is 5.46. The summed E-state index contributed by atoms with van der Waals surface area (Å²) in [4.78, 5) is 0. The summed E-state index contributed by atoms with van der Waals surface area (Å²) in [6, 6.07) is 9.72. The van der Waals surface area contributed by atoms with E-state index in [9.17, 15) is 10.2 Å². The Morgan fingerprint density at radius 3 is 2.63 bits per heavy atom. The summed E-state index contributed by atoms with van der Waals surface area (Å²) in [5.41, 5.74) is 1.66. The molecule has 0 atom stereocenters. The fraction of sp³-hybridized carbons (Fsp3) is 0. The zero-order chi connectivity index (χ0) is 13.4. The van der Waals surface area contributed by atoms with Gasteiger partial charge in [-0.15, -0.1) is 10.2 Å². The Hall–Kier alpha value is -3.07. The number of phenolic OH excluding ortho intramolecular Hbond substituents is 2. The molecule has 0 aliphatic carbocycles. The Balaban J connectivity index is 2.20. The van der Waals surface area contributed by atoms with Crippen molar-refractivity contribution in [2.45, 2.75) is 0 Å². The van der Waals surface area contributed by atoms with Crippen LogP contribution in [0.2, 0.25) is 0 Å². The summed E-state index contributed by atoms with van der Waals surface area (Å²) < 4.78 is 1.70. The number of nitrogens with zero attached hydrogens (tertiary/aromatic N) is 4. The van der Waals surface area contributed by atoms with Crippen LogP contribution in [0.15, 0.2) is 36.5 Å². The van der Waals surface area contributed by atoms with Crippen LogP contribution in [0.25, 0.3) is 17.0 Å². The smallest absolute Gasteiger partial charge is 0.168 e. The second-order valence-corrected chi connectivity index (χ2v) is 3.98. The van der Waals surface area contributed by atoms with Gasteiger partial charge in [-0.25, -0.2) is 0 Å². The minimum atomic E-state index is -0.220. The van der Waals surface area contributed by atoms with Crippen molar-refractivity contribution < 1.29 is 10.2 Å². The lowest BCUT2D eigenvalue weighted by molar-refractivity contribution is 0.404. The van der Waals surface area contributed by atoms with E-state index < -0.39 is 0 Å². The topological polar surface area (TPSA) is 94.4 Å². The molecule has 0 saturated heterocycles. The van der Waals surface area contributed by atoms with Gasteiger partial charge in [-0.05, 0) is 24.3 Å². The highest BCUT2D eigenvalue weighted by molar-refractivity contribution is 5.63. The predicted octanol–water partition coefficient (Wildman–Crippen LogP) is 1.68. The molecule has 0 aliphatic rings. The van der Waals surface area contributed by atoms with Crippen LogP contribution in [-0.2, 0) is 0 Å². The van der Waals surface area contributed by atoms with Gasteiger partial charge in [0.1, 0.15) is 0 Å². The third-order valence-electron chi connectivity index (χ3n) is 2.77. The predicted molar refractivity (Wildman–Crippen MR) is 66.5 cm³/mol. The monoisotopic (exact) mass is 252 g/mol. The maximum absolute atomic E-state index is 9.50. The van der Waals surface area contributed by atoms with E-state index in [0.717, 1.165) is 0 Å². The molecular weight excluding hydrogens is 244 g/mol. The van der Waals surface area contributed by atoms with Gasteiger partial charge in [-0.1, -0.05) is 0 Å². The van der Waals surface area contributed by atoms with Crippen LogP contribution >= 0.6 is 0 Å². The van der Waals surface area contributed by atoms with E-state index in [1.165, 1.54) is 12.1 Å². The van der Waals surface area contributed by atoms with Crippen LogP contribution in [-0.4, -0.2) is 24.8 Å². The number of aromatic hydroxyl groups is 2. The number of hydrogen-bond acceptors (Lipinski definition) is 5. The molecule has 0 radical (unpaired) electrons. The Kier molecular flexibility index (Phi) is 2.32. The Bertz CT molecular complexity index is 817. The molecule has 0 unspecified atom stereocenters. The maximum Gasteiger partial charge on any atom is 0.168 e. The minimum Gasteiger partial charge on any atom is -0.504 e. The van der Waals surface area contributed by atoms with Gasteiger partial charge in [0.2, 0.25) is 0 Å². The number of phenols is 2. The van der Waals surface area contributed by atoms with E-state index in [4.69, 9.17) is 5.26 Å². The summed E-state index contributed by atoms with van der Waals surface area (Å²) in [5.74, 6) is 0.113. The standard InChI is InChI=1S/C13H8N4O2/c14-7-8-3-4-17-12(5-8)15-16-13(17)9-1-2-10(18)11(19)6-9/h1-6,18-19H. The Morgan fingerprint density at radius 2 is 1.89 bits per heavy atom. The molecule has 3 aromatic rings. The second kappa shape index (κ2) is 3.99. The molecule has 1 aromatic carbocycles. The van der Waals surface area contributed by atoms with Crippen LogP contribution in [0.1, 0.15) is 5.56 Å². The number of nitriles is 1. The van der Waals surface area contributed by atoms with Crippen LogP contribution in [0.3, 0.4) is 0 Å². The Labute approximate surface area is 107 Å². The summed E-state index contributed by atoms with van der Waals surface area (Å²) in [6.45, 7) is 0. The SMILES string of the molecule is N#Cc1ccn2c(-c3ccc(O)c(O)c3)nnc2c1. The third-order valence-corrected chi connectivity index (χ3v) is 2.77. The second-order valence-electron chi connectivity index (χ2n) is 3.98. The van der Waals surface area contributed by atoms with Crippen LogP contribution in [0, 0.1) is 11.3 Å². The number of fused-ring (bicyclic) bond motifs is 1. The van der Waals surface area contributed by atoms with Gasteiger partial charge in [0.15, 0.2) is 23.0 Å². The van der Waals surface area contributed by atoms with Crippen molar-refractivity contribution in [1.82, 2.24) is 14.6 Å². The molecular formula is C13H8N4O2. The van der Waals surface area contributed by atoms with Crippen molar-refractivity contribution >= 4 is 5.65 Å². The molecule has 0 spiro atoms. The van der Waals surface area contributed by atoms with Crippen molar-refractivity contribution in [3.8, 4) is 29.0 Å². The lowest BCUT2D eigenvalue weighted by Gasteiger charge is -2.02. The molecule has 6 nitrogen and oxygen atoms in total. The first kappa shape index (κ1) is 11.0. The Morgan fingerprint density at radius 1 is 1.05 bits per heavy atom. The third kappa shape index (κ3) is 1.73. The first-order valence-corrected chi connectivity index (χ1v) is 5.46.